The number of imidazole rings is 1. The van der Waals surface area contributed by atoms with Gasteiger partial charge in [0.15, 0.2) is 0 Å². The van der Waals surface area contributed by atoms with Gasteiger partial charge in [0.25, 0.3) is 0 Å². The Kier molecular flexibility index (Phi) is 4.38. The summed E-state index contributed by atoms with van der Waals surface area (Å²) in [6.45, 7) is 12.1. The summed E-state index contributed by atoms with van der Waals surface area (Å²) in [6, 6.07) is 6.57. The van der Waals surface area contributed by atoms with Gasteiger partial charge in [0.1, 0.15) is 11.3 Å². The van der Waals surface area contributed by atoms with E-state index in [1.165, 1.54) is 22.3 Å². The van der Waals surface area contributed by atoms with Gasteiger partial charge in [0.05, 0.1) is 16.7 Å². The van der Waals surface area contributed by atoms with Gasteiger partial charge in [-0.1, -0.05) is 52.8 Å². The van der Waals surface area contributed by atoms with Crippen molar-refractivity contribution in [1.29, 1.82) is 0 Å². The van der Waals surface area contributed by atoms with Crippen molar-refractivity contribution in [1.82, 2.24) is 14.5 Å². The molecule has 2 aromatic heterocycles. The zero-order chi connectivity index (χ0) is 16.6. The SMILES string of the molecule is CCc1cccc2c1nc(CC)c1nc(CC)n(CC(C)C)c12. The smallest absolute Gasteiger partial charge is 0.111 e. The van der Waals surface area contributed by atoms with Crippen molar-refractivity contribution in [3.63, 3.8) is 0 Å². The molecule has 1 aromatic carbocycles. The van der Waals surface area contributed by atoms with Crippen molar-refractivity contribution in [3.8, 4) is 0 Å². The van der Waals surface area contributed by atoms with E-state index in [0.717, 1.165) is 42.5 Å². The van der Waals surface area contributed by atoms with Gasteiger partial charge in [-0.05, 0) is 24.3 Å². The summed E-state index contributed by atoms with van der Waals surface area (Å²) < 4.78 is 2.43. The first-order valence-corrected chi connectivity index (χ1v) is 8.90. The lowest BCUT2D eigenvalue weighted by Crippen LogP contribution is -2.08. The van der Waals surface area contributed by atoms with E-state index in [4.69, 9.17) is 9.97 Å². The van der Waals surface area contributed by atoms with Crippen LogP contribution in [0.4, 0.5) is 0 Å². The first-order valence-electron chi connectivity index (χ1n) is 8.90. The molecule has 122 valence electrons. The fourth-order valence-corrected chi connectivity index (χ4v) is 3.44. The summed E-state index contributed by atoms with van der Waals surface area (Å²) >= 11 is 0. The van der Waals surface area contributed by atoms with Crippen LogP contribution >= 0.6 is 0 Å². The Bertz CT molecular complexity index is 843. The summed E-state index contributed by atoms with van der Waals surface area (Å²) in [7, 11) is 0. The molecule has 0 unspecified atom stereocenters. The van der Waals surface area contributed by atoms with Crippen molar-refractivity contribution in [3.05, 3.63) is 35.3 Å². The minimum Gasteiger partial charge on any atom is -0.327 e. The second-order valence-corrected chi connectivity index (χ2v) is 6.66. The van der Waals surface area contributed by atoms with Crippen LogP contribution in [0, 0.1) is 5.92 Å². The van der Waals surface area contributed by atoms with E-state index >= 15 is 0 Å². The zero-order valence-electron chi connectivity index (χ0n) is 15.0. The van der Waals surface area contributed by atoms with Gasteiger partial charge in [0.2, 0.25) is 0 Å². The van der Waals surface area contributed by atoms with Gasteiger partial charge in [-0.15, -0.1) is 0 Å². The second-order valence-electron chi connectivity index (χ2n) is 6.66. The third kappa shape index (κ3) is 2.62. The Morgan fingerprint density at radius 3 is 2.35 bits per heavy atom. The maximum atomic E-state index is 4.98. The van der Waals surface area contributed by atoms with Gasteiger partial charge >= 0.3 is 0 Å². The van der Waals surface area contributed by atoms with E-state index in [1.807, 2.05) is 0 Å². The second kappa shape index (κ2) is 6.31. The molecule has 0 N–H and O–H groups in total. The Labute approximate surface area is 138 Å². The topological polar surface area (TPSA) is 30.7 Å². The number of hydrogen-bond acceptors (Lipinski definition) is 2. The molecule has 0 atom stereocenters. The highest BCUT2D eigenvalue weighted by atomic mass is 15.1. The fourth-order valence-electron chi connectivity index (χ4n) is 3.44. The van der Waals surface area contributed by atoms with E-state index < -0.39 is 0 Å². The highest BCUT2D eigenvalue weighted by molar-refractivity contribution is 6.04. The average molecular weight is 309 g/mol. The highest BCUT2D eigenvalue weighted by Gasteiger charge is 2.18. The normalized spacial score (nSPS) is 11.9. The lowest BCUT2D eigenvalue weighted by molar-refractivity contribution is 0.519. The summed E-state index contributed by atoms with van der Waals surface area (Å²) in [5.74, 6) is 1.78. The van der Waals surface area contributed by atoms with Crippen LogP contribution in [0.25, 0.3) is 21.9 Å². The van der Waals surface area contributed by atoms with Crippen molar-refractivity contribution >= 4 is 21.9 Å². The Morgan fingerprint density at radius 1 is 0.957 bits per heavy atom. The fraction of sp³-hybridized carbons (Fsp3) is 0.500. The van der Waals surface area contributed by atoms with Gasteiger partial charge in [0, 0.05) is 18.4 Å². The maximum absolute atomic E-state index is 4.98. The largest absolute Gasteiger partial charge is 0.327 e. The summed E-state index contributed by atoms with van der Waals surface area (Å²) in [4.78, 5) is 9.95. The maximum Gasteiger partial charge on any atom is 0.111 e. The lowest BCUT2D eigenvalue weighted by atomic mass is 10.0. The predicted molar refractivity (Wildman–Crippen MR) is 98.0 cm³/mol. The van der Waals surface area contributed by atoms with E-state index in [2.05, 4.69) is 57.4 Å². The average Bonchev–Trinajstić information content (AvgIpc) is 2.91. The number of rotatable bonds is 5. The molecule has 0 aliphatic carbocycles. The number of fused-ring (bicyclic) bond motifs is 3. The van der Waals surface area contributed by atoms with Gasteiger partial charge in [-0.3, -0.25) is 4.98 Å². The quantitative estimate of drug-likeness (QED) is 0.669. The minimum absolute atomic E-state index is 0.598. The molecule has 0 saturated heterocycles. The zero-order valence-corrected chi connectivity index (χ0v) is 15.0. The van der Waals surface area contributed by atoms with Crippen LogP contribution < -0.4 is 0 Å². The molecular weight excluding hydrogens is 282 g/mol. The van der Waals surface area contributed by atoms with E-state index in [9.17, 15) is 0 Å². The highest BCUT2D eigenvalue weighted by Crippen LogP contribution is 2.30. The third-order valence-electron chi connectivity index (χ3n) is 4.52. The first kappa shape index (κ1) is 16.0. The van der Waals surface area contributed by atoms with E-state index in [-0.39, 0.29) is 0 Å². The van der Waals surface area contributed by atoms with Crippen LogP contribution in [-0.4, -0.2) is 14.5 Å². The van der Waals surface area contributed by atoms with Crippen molar-refractivity contribution in [2.24, 2.45) is 5.92 Å². The van der Waals surface area contributed by atoms with Gasteiger partial charge < -0.3 is 4.57 Å². The number of benzene rings is 1. The number of aryl methyl sites for hydroxylation is 3. The number of aromatic nitrogens is 3. The van der Waals surface area contributed by atoms with Crippen LogP contribution in [0.3, 0.4) is 0 Å². The molecule has 23 heavy (non-hydrogen) atoms. The predicted octanol–water partition coefficient (Wildman–Crippen LogP) is 4.93. The molecule has 0 aliphatic rings. The standard InChI is InChI=1S/C20H27N3/c1-6-14-10-9-11-15-18(14)21-16(7-2)19-20(15)23(12-13(4)5)17(8-3)22-19/h9-11,13H,6-8,12H2,1-5H3. The molecule has 3 heteroatoms. The molecule has 3 aromatic rings. The van der Waals surface area contributed by atoms with Crippen molar-refractivity contribution in [2.75, 3.05) is 0 Å². The Balaban J connectivity index is 2.47. The summed E-state index contributed by atoms with van der Waals surface area (Å²) in [5.41, 5.74) is 6.01. The van der Waals surface area contributed by atoms with Crippen LogP contribution in [0.2, 0.25) is 0 Å². The van der Waals surface area contributed by atoms with Crippen LogP contribution in [-0.2, 0) is 25.8 Å². The lowest BCUT2D eigenvalue weighted by Gasteiger charge is -2.13. The number of para-hydroxylation sites is 1. The molecule has 0 bridgehead atoms. The molecule has 3 nitrogen and oxygen atoms in total. The van der Waals surface area contributed by atoms with Gasteiger partial charge in [-0.25, -0.2) is 4.98 Å². The summed E-state index contributed by atoms with van der Waals surface area (Å²) in [5, 5.41) is 1.25. The van der Waals surface area contributed by atoms with Crippen molar-refractivity contribution < 1.29 is 0 Å². The van der Waals surface area contributed by atoms with Crippen LogP contribution in [0.1, 0.15) is 51.7 Å². The van der Waals surface area contributed by atoms with Gasteiger partial charge in [-0.2, -0.15) is 0 Å². The van der Waals surface area contributed by atoms with Crippen molar-refractivity contribution in [2.45, 2.75) is 60.4 Å². The number of nitrogens with zero attached hydrogens (tertiary/aromatic N) is 3. The van der Waals surface area contributed by atoms with E-state index in [0.29, 0.717) is 5.92 Å². The molecule has 0 amide bonds. The van der Waals surface area contributed by atoms with Crippen LogP contribution in [0.5, 0.6) is 0 Å². The minimum atomic E-state index is 0.598. The molecule has 0 fully saturated rings. The Hall–Kier alpha value is -1.90. The molecule has 0 saturated carbocycles. The monoisotopic (exact) mass is 309 g/mol. The number of hydrogen-bond donors (Lipinski definition) is 0. The molecule has 0 radical (unpaired) electrons. The first-order chi connectivity index (χ1) is 11.1. The van der Waals surface area contributed by atoms with E-state index in [1.54, 1.807) is 0 Å². The molecular formula is C20H27N3. The molecule has 0 aliphatic heterocycles. The molecule has 2 heterocycles. The number of pyridine rings is 1. The van der Waals surface area contributed by atoms with Crippen LogP contribution in [0.15, 0.2) is 18.2 Å². The molecule has 0 spiro atoms. The third-order valence-corrected chi connectivity index (χ3v) is 4.52. The molecule has 3 rings (SSSR count). The summed E-state index contributed by atoms with van der Waals surface area (Å²) in [6.07, 6.45) is 2.89. The Morgan fingerprint density at radius 2 is 1.74 bits per heavy atom.